The Bertz CT molecular complexity index is 868. The molecule has 26 heavy (non-hydrogen) atoms. The van der Waals surface area contributed by atoms with Crippen LogP contribution >= 0.6 is 0 Å². The van der Waals surface area contributed by atoms with Crippen LogP contribution in [0.4, 0.5) is 0 Å². The summed E-state index contributed by atoms with van der Waals surface area (Å²) < 4.78 is 38.6. The lowest BCUT2D eigenvalue weighted by atomic mass is 9.87. The highest BCUT2D eigenvalue weighted by Gasteiger charge is 2.17. The predicted octanol–water partition coefficient (Wildman–Crippen LogP) is 3.28. The molecule has 6 heteroatoms. The van der Waals surface area contributed by atoms with Crippen molar-refractivity contribution in [2.45, 2.75) is 37.5 Å². The number of ether oxygens (including phenoxy) is 2. The number of benzene rings is 2. The van der Waals surface area contributed by atoms with Crippen molar-refractivity contribution in [3.8, 4) is 11.5 Å². The van der Waals surface area contributed by atoms with Gasteiger partial charge in [0.05, 0.1) is 4.90 Å². The Kier molecular flexibility index (Phi) is 5.25. The summed E-state index contributed by atoms with van der Waals surface area (Å²) in [5.41, 5.74) is 2.10. The first-order valence-corrected chi connectivity index (χ1v) is 10.2. The summed E-state index contributed by atoms with van der Waals surface area (Å²) in [4.78, 5) is 0.285. The maximum Gasteiger partial charge on any atom is 0.240 e. The molecule has 5 nitrogen and oxygen atoms in total. The molecule has 0 fully saturated rings. The van der Waals surface area contributed by atoms with Gasteiger partial charge in [-0.15, -0.1) is 0 Å². The molecule has 0 spiro atoms. The molecule has 0 saturated heterocycles. The van der Waals surface area contributed by atoms with Crippen LogP contribution < -0.4 is 14.2 Å². The molecule has 140 valence electrons. The molecule has 0 amide bonds. The minimum absolute atomic E-state index is 0.00600. The molecule has 0 bridgehead atoms. The minimum Gasteiger partial charge on any atom is -0.486 e. The third kappa shape index (κ3) is 4.37. The van der Waals surface area contributed by atoms with Crippen molar-refractivity contribution in [3.63, 3.8) is 0 Å². The van der Waals surface area contributed by atoms with Crippen LogP contribution in [-0.4, -0.2) is 28.2 Å². The van der Waals surface area contributed by atoms with Gasteiger partial charge in [-0.05, 0) is 47.2 Å². The summed E-state index contributed by atoms with van der Waals surface area (Å²) in [6.45, 7) is 7.71. The Balaban J connectivity index is 1.62. The van der Waals surface area contributed by atoms with Crippen LogP contribution in [0, 0.1) is 0 Å². The molecule has 0 saturated carbocycles. The van der Waals surface area contributed by atoms with E-state index in [4.69, 9.17) is 9.47 Å². The van der Waals surface area contributed by atoms with Crippen molar-refractivity contribution in [1.29, 1.82) is 0 Å². The fraction of sp³-hybridized carbons (Fsp3) is 0.400. The number of sulfonamides is 1. The highest BCUT2D eigenvalue weighted by Crippen LogP contribution is 2.30. The Labute approximate surface area is 155 Å². The molecule has 3 rings (SSSR count). The van der Waals surface area contributed by atoms with E-state index in [0.29, 0.717) is 26.2 Å². The van der Waals surface area contributed by atoms with Crippen LogP contribution in [0.5, 0.6) is 11.5 Å². The molecule has 2 aromatic carbocycles. The molecule has 2 aromatic rings. The van der Waals surface area contributed by atoms with Crippen LogP contribution in [0.25, 0.3) is 0 Å². The van der Waals surface area contributed by atoms with Crippen molar-refractivity contribution < 1.29 is 17.9 Å². The number of rotatable bonds is 5. The number of hydrogen-bond donors (Lipinski definition) is 1. The summed E-state index contributed by atoms with van der Waals surface area (Å²) >= 11 is 0. The fourth-order valence-electron chi connectivity index (χ4n) is 2.79. The molecule has 0 unspecified atom stereocenters. The van der Waals surface area contributed by atoms with Gasteiger partial charge in [-0.1, -0.05) is 39.0 Å². The van der Waals surface area contributed by atoms with E-state index in [1.165, 1.54) is 0 Å². The molecule has 1 N–H and O–H groups in total. The molecule has 1 heterocycles. The van der Waals surface area contributed by atoms with Gasteiger partial charge in [-0.25, -0.2) is 13.1 Å². The second kappa shape index (κ2) is 7.29. The minimum atomic E-state index is -3.52. The quantitative estimate of drug-likeness (QED) is 0.871. The Morgan fingerprint density at radius 2 is 1.62 bits per heavy atom. The standard InChI is InChI=1S/C20H25NO4S/c1-20(2,3)16-5-7-17(8-6-16)26(22,23)21-11-10-15-4-9-18-19(14-15)25-13-12-24-18/h4-9,14,21H,10-13H2,1-3H3. The highest BCUT2D eigenvalue weighted by molar-refractivity contribution is 7.89. The first-order valence-electron chi connectivity index (χ1n) is 8.74. The lowest BCUT2D eigenvalue weighted by Gasteiger charge is -2.19. The third-order valence-electron chi connectivity index (χ3n) is 4.34. The molecule has 0 aromatic heterocycles. The highest BCUT2D eigenvalue weighted by atomic mass is 32.2. The molecule has 0 aliphatic carbocycles. The second-order valence-corrected chi connectivity index (χ2v) is 9.17. The van der Waals surface area contributed by atoms with E-state index < -0.39 is 10.0 Å². The average Bonchev–Trinajstić information content (AvgIpc) is 2.61. The van der Waals surface area contributed by atoms with Crippen molar-refractivity contribution in [2.24, 2.45) is 0 Å². The van der Waals surface area contributed by atoms with Gasteiger partial charge in [0.25, 0.3) is 0 Å². The van der Waals surface area contributed by atoms with Gasteiger partial charge in [0.2, 0.25) is 10.0 Å². The van der Waals surface area contributed by atoms with Gasteiger partial charge < -0.3 is 9.47 Å². The first kappa shape index (κ1) is 18.7. The lowest BCUT2D eigenvalue weighted by Crippen LogP contribution is -2.26. The Hall–Kier alpha value is -2.05. The van der Waals surface area contributed by atoms with Crippen LogP contribution in [0.15, 0.2) is 47.4 Å². The zero-order valence-electron chi connectivity index (χ0n) is 15.4. The van der Waals surface area contributed by atoms with Crippen LogP contribution in [-0.2, 0) is 21.9 Å². The smallest absolute Gasteiger partial charge is 0.240 e. The molecule has 0 radical (unpaired) electrons. The van der Waals surface area contributed by atoms with Crippen LogP contribution in [0.3, 0.4) is 0 Å². The van der Waals surface area contributed by atoms with Crippen LogP contribution in [0.1, 0.15) is 31.9 Å². The predicted molar refractivity (Wildman–Crippen MR) is 101 cm³/mol. The molecular weight excluding hydrogens is 350 g/mol. The Morgan fingerprint density at radius 3 is 2.27 bits per heavy atom. The van der Waals surface area contributed by atoms with E-state index in [-0.39, 0.29) is 10.3 Å². The van der Waals surface area contributed by atoms with E-state index in [0.717, 1.165) is 22.6 Å². The van der Waals surface area contributed by atoms with Gasteiger partial charge in [0, 0.05) is 6.54 Å². The SMILES string of the molecule is CC(C)(C)c1ccc(S(=O)(=O)NCCc2ccc3c(c2)OCCO3)cc1. The molecule has 1 aliphatic heterocycles. The van der Waals surface area contributed by atoms with Gasteiger partial charge in [0.1, 0.15) is 13.2 Å². The molecule has 1 aliphatic rings. The second-order valence-electron chi connectivity index (χ2n) is 7.40. The summed E-state index contributed by atoms with van der Waals surface area (Å²) in [6, 6.07) is 12.8. The average molecular weight is 375 g/mol. The zero-order chi connectivity index (χ0) is 18.8. The summed E-state index contributed by atoms with van der Waals surface area (Å²) in [5.74, 6) is 1.45. The van der Waals surface area contributed by atoms with Gasteiger partial charge in [-0.3, -0.25) is 0 Å². The van der Waals surface area contributed by atoms with Gasteiger partial charge in [0.15, 0.2) is 11.5 Å². The largest absolute Gasteiger partial charge is 0.486 e. The monoisotopic (exact) mass is 375 g/mol. The van der Waals surface area contributed by atoms with Crippen molar-refractivity contribution >= 4 is 10.0 Å². The zero-order valence-corrected chi connectivity index (χ0v) is 16.2. The number of hydrogen-bond acceptors (Lipinski definition) is 4. The molecular formula is C20H25NO4S. The molecule has 0 atom stereocenters. The van der Waals surface area contributed by atoms with Crippen molar-refractivity contribution in [1.82, 2.24) is 4.72 Å². The summed E-state index contributed by atoms with van der Waals surface area (Å²) in [6.07, 6.45) is 0.579. The topological polar surface area (TPSA) is 64.6 Å². The first-order chi connectivity index (χ1) is 12.3. The van der Waals surface area contributed by atoms with E-state index in [1.807, 2.05) is 30.3 Å². The van der Waals surface area contributed by atoms with Gasteiger partial charge >= 0.3 is 0 Å². The van der Waals surface area contributed by atoms with E-state index >= 15 is 0 Å². The van der Waals surface area contributed by atoms with E-state index in [1.54, 1.807) is 12.1 Å². The summed E-state index contributed by atoms with van der Waals surface area (Å²) in [7, 11) is -3.52. The lowest BCUT2D eigenvalue weighted by molar-refractivity contribution is 0.171. The third-order valence-corrected chi connectivity index (χ3v) is 5.82. The van der Waals surface area contributed by atoms with Gasteiger partial charge in [-0.2, -0.15) is 0 Å². The van der Waals surface area contributed by atoms with E-state index in [2.05, 4.69) is 25.5 Å². The van der Waals surface area contributed by atoms with Crippen LogP contribution in [0.2, 0.25) is 0 Å². The maximum absolute atomic E-state index is 12.5. The normalized spacial score (nSPS) is 14.3. The van der Waals surface area contributed by atoms with Crippen molar-refractivity contribution in [3.05, 3.63) is 53.6 Å². The fourth-order valence-corrected chi connectivity index (χ4v) is 3.82. The number of nitrogens with one attached hydrogen (secondary N) is 1. The van der Waals surface area contributed by atoms with Crippen molar-refractivity contribution in [2.75, 3.05) is 19.8 Å². The Morgan fingerprint density at radius 1 is 0.962 bits per heavy atom. The summed E-state index contributed by atoms with van der Waals surface area (Å²) in [5, 5.41) is 0. The van der Waals surface area contributed by atoms with E-state index in [9.17, 15) is 8.42 Å². The number of fused-ring (bicyclic) bond motifs is 1. The maximum atomic E-state index is 12.5.